The first-order chi connectivity index (χ1) is 12.4. The molecule has 0 aromatic heterocycles. The summed E-state index contributed by atoms with van der Waals surface area (Å²) >= 11 is 0. The summed E-state index contributed by atoms with van der Waals surface area (Å²) in [6.07, 6.45) is 4.08. The first-order valence-corrected chi connectivity index (χ1v) is 9.39. The molecule has 1 aliphatic heterocycles. The maximum absolute atomic E-state index is 5.74. The minimum atomic E-state index is 0.645. The molecule has 0 spiro atoms. The molecule has 0 radical (unpaired) electrons. The normalized spacial score (nSPS) is 14.9. The Morgan fingerprint density at radius 1 is 0.760 bits per heavy atom. The van der Waals surface area contributed by atoms with Crippen LogP contribution in [0.2, 0.25) is 0 Å². The topological polar surface area (TPSA) is 36.5 Å². The summed E-state index contributed by atoms with van der Waals surface area (Å²) in [6, 6.07) is 18.3. The van der Waals surface area contributed by atoms with E-state index < -0.39 is 0 Å². The molecule has 0 saturated carbocycles. The first-order valence-electron chi connectivity index (χ1n) is 9.39. The van der Waals surface area contributed by atoms with Gasteiger partial charge in [0.15, 0.2) is 0 Å². The highest BCUT2D eigenvalue weighted by Crippen LogP contribution is 2.20. The lowest BCUT2D eigenvalue weighted by Crippen LogP contribution is -2.33. The van der Waals surface area contributed by atoms with Crippen molar-refractivity contribution in [2.75, 3.05) is 50.0 Å². The van der Waals surface area contributed by atoms with E-state index in [-0.39, 0.29) is 0 Å². The number of para-hydroxylation sites is 3. The van der Waals surface area contributed by atoms with Crippen molar-refractivity contribution in [3.63, 3.8) is 0 Å². The van der Waals surface area contributed by atoms with Gasteiger partial charge in [-0.15, -0.1) is 0 Å². The van der Waals surface area contributed by atoms with Gasteiger partial charge in [-0.1, -0.05) is 36.8 Å². The van der Waals surface area contributed by atoms with Gasteiger partial charge in [-0.25, -0.2) is 0 Å². The van der Waals surface area contributed by atoms with E-state index in [1.807, 2.05) is 30.3 Å². The molecular weight excluding hydrogens is 310 g/mol. The Morgan fingerprint density at radius 2 is 1.40 bits per heavy atom. The van der Waals surface area contributed by atoms with Gasteiger partial charge in [-0.3, -0.25) is 0 Å². The molecule has 0 amide bonds. The molecule has 0 unspecified atom stereocenters. The number of rotatable bonds is 9. The van der Waals surface area contributed by atoms with Crippen LogP contribution in [0.1, 0.15) is 19.3 Å². The Bertz CT molecular complexity index is 612. The van der Waals surface area contributed by atoms with E-state index in [2.05, 4.69) is 39.8 Å². The highest BCUT2D eigenvalue weighted by Gasteiger charge is 2.09. The number of nitrogens with one attached hydrogen (secondary N) is 2. The summed E-state index contributed by atoms with van der Waals surface area (Å²) in [5.74, 6) is 0.914. The zero-order valence-corrected chi connectivity index (χ0v) is 14.9. The molecule has 1 saturated heterocycles. The monoisotopic (exact) mass is 339 g/mol. The van der Waals surface area contributed by atoms with Gasteiger partial charge in [0.2, 0.25) is 0 Å². The molecule has 0 atom stereocenters. The minimum absolute atomic E-state index is 0.645. The van der Waals surface area contributed by atoms with Crippen molar-refractivity contribution in [1.82, 2.24) is 4.90 Å². The summed E-state index contributed by atoms with van der Waals surface area (Å²) in [5, 5.41) is 7.05. The van der Waals surface area contributed by atoms with Gasteiger partial charge in [-0.05, 0) is 50.2 Å². The third-order valence-corrected chi connectivity index (χ3v) is 4.55. The number of hydrogen-bond acceptors (Lipinski definition) is 4. The molecule has 4 nitrogen and oxygen atoms in total. The number of ether oxygens (including phenoxy) is 1. The molecule has 2 N–H and O–H groups in total. The summed E-state index contributed by atoms with van der Waals surface area (Å²) in [7, 11) is 0. The van der Waals surface area contributed by atoms with Crippen molar-refractivity contribution in [3.05, 3.63) is 54.6 Å². The third kappa shape index (κ3) is 5.98. The second-order valence-electron chi connectivity index (χ2n) is 6.46. The molecule has 0 aliphatic carbocycles. The Kier molecular flexibility index (Phi) is 7.01. The number of hydrogen-bond donors (Lipinski definition) is 2. The van der Waals surface area contributed by atoms with Gasteiger partial charge in [0.25, 0.3) is 0 Å². The highest BCUT2D eigenvalue weighted by molar-refractivity contribution is 5.68. The predicted octanol–water partition coefficient (Wildman–Crippen LogP) is 4.08. The predicted molar refractivity (Wildman–Crippen MR) is 106 cm³/mol. The van der Waals surface area contributed by atoms with Gasteiger partial charge in [0.05, 0.1) is 11.4 Å². The summed E-state index contributed by atoms with van der Waals surface area (Å²) in [6.45, 7) is 6.02. The maximum atomic E-state index is 5.74. The average Bonchev–Trinajstić information content (AvgIpc) is 2.68. The second kappa shape index (κ2) is 9.94. The van der Waals surface area contributed by atoms with Crippen molar-refractivity contribution in [2.24, 2.45) is 0 Å². The second-order valence-corrected chi connectivity index (χ2v) is 6.46. The summed E-state index contributed by atoms with van der Waals surface area (Å²) in [5.41, 5.74) is 2.30. The number of piperidine rings is 1. The van der Waals surface area contributed by atoms with Crippen molar-refractivity contribution in [3.8, 4) is 5.75 Å². The fraction of sp³-hybridized carbons (Fsp3) is 0.429. The number of nitrogens with zero attached hydrogens (tertiary/aromatic N) is 1. The van der Waals surface area contributed by atoms with E-state index in [1.165, 1.54) is 38.0 Å². The van der Waals surface area contributed by atoms with Crippen LogP contribution in [0.15, 0.2) is 54.6 Å². The third-order valence-electron chi connectivity index (χ3n) is 4.55. The molecule has 2 aromatic carbocycles. The number of anilines is 2. The molecular formula is C21H29N3O. The Hall–Kier alpha value is -2.20. The molecule has 2 aromatic rings. The van der Waals surface area contributed by atoms with Crippen LogP contribution in [0.25, 0.3) is 0 Å². The van der Waals surface area contributed by atoms with Crippen molar-refractivity contribution in [1.29, 1.82) is 0 Å². The quantitative estimate of drug-likeness (QED) is 0.675. The van der Waals surface area contributed by atoms with Gasteiger partial charge < -0.3 is 20.3 Å². The molecule has 3 rings (SSSR count). The zero-order chi connectivity index (χ0) is 17.2. The molecule has 134 valence electrons. The Morgan fingerprint density at radius 3 is 2.12 bits per heavy atom. The van der Waals surface area contributed by atoms with Crippen LogP contribution in [-0.4, -0.2) is 44.2 Å². The van der Waals surface area contributed by atoms with E-state index in [9.17, 15) is 0 Å². The minimum Gasteiger partial charge on any atom is -0.492 e. The van der Waals surface area contributed by atoms with E-state index in [0.717, 1.165) is 31.1 Å². The molecule has 25 heavy (non-hydrogen) atoms. The van der Waals surface area contributed by atoms with E-state index in [4.69, 9.17) is 4.74 Å². The molecule has 1 aliphatic rings. The van der Waals surface area contributed by atoms with Crippen LogP contribution >= 0.6 is 0 Å². The molecule has 0 bridgehead atoms. The van der Waals surface area contributed by atoms with Crippen molar-refractivity contribution >= 4 is 11.4 Å². The van der Waals surface area contributed by atoms with Crippen LogP contribution < -0.4 is 15.4 Å². The maximum Gasteiger partial charge on any atom is 0.119 e. The van der Waals surface area contributed by atoms with Gasteiger partial charge in [0, 0.05) is 19.6 Å². The SMILES string of the molecule is c1ccc(OCCNc2ccccc2NCCN2CCCCC2)cc1. The summed E-state index contributed by atoms with van der Waals surface area (Å²) < 4.78 is 5.74. The number of benzene rings is 2. The first kappa shape index (κ1) is 17.6. The fourth-order valence-corrected chi connectivity index (χ4v) is 3.19. The van der Waals surface area contributed by atoms with Gasteiger partial charge in [0.1, 0.15) is 12.4 Å². The van der Waals surface area contributed by atoms with Crippen molar-refractivity contribution < 1.29 is 4.74 Å². The standard InChI is InChI=1S/C21H29N3O/c1-3-9-19(10-4-1)25-18-14-23-21-12-6-5-11-20(21)22-13-17-24-15-7-2-8-16-24/h1,3-6,9-12,22-23H,2,7-8,13-18H2. The zero-order valence-electron chi connectivity index (χ0n) is 14.9. The van der Waals surface area contributed by atoms with Crippen LogP contribution in [0.5, 0.6) is 5.75 Å². The number of likely N-dealkylation sites (tertiary alicyclic amines) is 1. The molecule has 1 fully saturated rings. The molecule has 1 heterocycles. The summed E-state index contributed by atoms with van der Waals surface area (Å²) in [4.78, 5) is 2.56. The van der Waals surface area contributed by atoms with Crippen LogP contribution in [0.4, 0.5) is 11.4 Å². The lowest BCUT2D eigenvalue weighted by molar-refractivity contribution is 0.237. The van der Waals surface area contributed by atoms with Crippen molar-refractivity contribution in [2.45, 2.75) is 19.3 Å². The van der Waals surface area contributed by atoms with Gasteiger partial charge in [-0.2, -0.15) is 0 Å². The fourth-order valence-electron chi connectivity index (χ4n) is 3.19. The van der Waals surface area contributed by atoms with Crippen LogP contribution in [0.3, 0.4) is 0 Å². The molecule has 4 heteroatoms. The highest BCUT2D eigenvalue weighted by atomic mass is 16.5. The Balaban J connectivity index is 1.40. The average molecular weight is 339 g/mol. The lowest BCUT2D eigenvalue weighted by atomic mass is 10.1. The lowest BCUT2D eigenvalue weighted by Gasteiger charge is -2.26. The van der Waals surface area contributed by atoms with Crippen LogP contribution in [-0.2, 0) is 0 Å². The smallest absolute Gasteiger partial charge is 0.119 e. The van der Waals surface area contributed by atoms with Gasteiger partial charge >= 0.3 is 0 Å². The van der Waals surface area contributed by atoms with Crippen LogP contribution in [0, 0.1) is 0 Å². The van der Waals surface area contributed by atoms with E-state index >= 15 is 0 Å². The van der Waals surface area contributed by atoms with E-state index in [1.54, 1.807) is 0 Å². The largest absolute Gasteiger partial charge is 0.492 e. The Labute approximate surface area is 151 Å². The van der Waals surface area contributed by atoms with E-state index in [0.29, 0.717) is 6.61 Å².